The van der Waals surface area contributed by atoms with Gasteiger partial charge in [-0.25, -0.2) is 4.68 Å². The summed E-state index contributed by atoms with van der Waals surface area (Å²) < 4.78 is 1.91. The molecule has 2 heterocycles. The summed E-state index contributed by atoms with van der Waals surface area (Å²) >= 11 is 0. The van der Waals surface area contributed by atoms with Gasteiger partial charge in [-0.2, -0.15) is 5.10 Å². The third-order valence-electron chi connectivity index (χ3n) is 3.81. The van der Waals surface area contributed by atoms with Crippen molar-refractivity contribution < 1.29 is 0 Å². The Bertz CT molecular complexity index is 550. The molecule has 2 aromatic rings. The lowest BCUT2D eigenvalue weighted by Crippen LogP contribution is -2.17. The van der Waals surface area contributed by atoms with Crippen LogP contribution in [0.2, 0.25) is 0 Å². The number of aryl methyl sites for hydroxylation is 1. The van der Waals surface area contributed by atoms with Crippen LogP contribution in [-0.2, 0) is 6.54 Å². The molecule has 0 saturated carbocycles. The van der Waals surface area contributed by atoms with Gasteiger partial charge in [-0.15, -0.1) is 0 Å². The van der Waals surface area contributed by atoms with Gasteiger partial charge in [-0.1, -0.05) is 0 Å². The molecule has 0 amide bonds. The number of aromatic nitrogens is 2. The summed E-state index contributed by atoms with van der Waals surface area (Å²) in [6.45, 7) is 4.89. The topological polar surface area (TPSA) is 47.1 Å². The third-order valence-corrected chi connectivity index (χ3v) is 3.81. The number of anilines is 1. The molecule has 0 spiro atoms. The van der Waals surface area contributed by atoms with Crippen LogP contribution in [0.25, 0.3) is 5.69 Å². The van der Waals surface area contributed by atoms with Crippen LogP contribution in [0, 0.1) is 6.92 Å². The lowest BCUT2D eigenvalue weighted by Gasteiger charge is -2.17. The Hall–Kier alpha value is -1.81. The Morgan fingerprint density at radius 3 is 2.32 bits per heavy atom. The smallest absolute Gasteiger partial charge is 0.0647 e. The van der Waals surface area contributed by atoms with Crippen molar-refractivity contribution in [1.29, 1.82) is 0 Å². The highest BCUT2D eigenvalue weighted by molar-refractivity contribution is 5.51. The molecule has 3 rings (SSSR count). The van der Waals surface area contributed by atoms with Gasteiger partial charge in [0.1, 0.15) is 0 Å². The van der Waals surface area contributed by atoms with Crippen LogP contribution in [0.4, 0.5) is 5.69 Å². The number of hydrogen-bond acceptors (Lipinski definition) is 3. The second kappa shape index (κ2) is 5.05. The van der Waals surface area contributed by atoms with Crippen LogP contribution < -0.4 is 10.6 Å². The number of nitrogens with two attached hydrogens (primary N) is 1. The maximum absolute atomic E-state index is 5.69. The Balaban J connectivity index is 1.84. The first-order valence-electron chi connectivity index (χ1n) is 6.88. The fraction of sp³-hybridized carbons (Fsp3) is 0.400. The lowest BCUT2D eigenvalue weighted by molar-refractivity contribution is 0.861. The quantitative estimate of drug-likeness (QED) is 0.916. The first-order valence-corrected chi connectivity index (χ1v) is 6.88. The minimum atomic E-state index is 0.539. The van der Waals surface area contributed by atoms with E-state index in [0.29, 0.717) is 6.54 Å². The average Bonchev–Trinajstić information content (AvgIpc) is 3.08. The second-order valence-corrected chi connectivity index (χ2v) is 5.10. The van der Waals surface area contributed by atoms with Gasteiger partial charge in [0.2, 0.25) is 0 Å². The van der Waals surface area contributed by atoms with Crippen molar-refractivity contribution in [1.82, 2.24) is 9.78 Å². The van der Waals surface area contributed by atoms with E-state index in [-0.39, 0.29) is 0 Å². The van der Waals surface area contributed by atoms with Crippen LogP contribution in [0.5, 0.6) is 0 Å². The minimum Gasteiger partial charge on any atom is -0.372 e. The van der Waals surface area contributed by atoms with E-state index in [1.165, 1.54) is 31.6 Å². The van der Waals surface area contributed by atoms with E-state index in [1.54, 1.807) is 0 Å². The van der Waals surface area contributed by atoms with Gasteiger partial charge in [-0.3, -0.25) is 0 Å². The average molecular weight is 256 g/mol. The van der Waals surface area contributed by atoms with Gasteiger partial charge in [0.05, 0.1) is 11.4 Å². The zero-order valence-corrected chi connectivity index (χ0v) is 11.3. The third kappa shape index (κ3) is 2.36. The molecule has 1 aliphatic heterocycles. The van der Waals surface area contributed by atoms with E-state index in [2.05, 4.69) is 34.3 Å². The molecule has 2 N–H and O–H groups in total. The van der Waals surface area contributed by atoms with Gasteiger partial charge in [0.15, 0.2) is 0 Å². The summed E-state index contributed by atoms with van der Waals surface area (Å²) in [6.07, 6.45) is 4.63. The summed E-state index contributed by atoms with van der Waals surface area (Å²) in [4.78, 5) is 2.43. The van der Waals surface area contributed by atoms with Gasteiger partial charge in [0.25, 0.3) is 0 Å². The van der Waals surface area contributed by atoms with Gasteiger partial charge in [0, 0.05) is 37.1 Å². The molecule has 1 saturated heterocycles. The predicted molar refractivity (Wildman–Crippen MR) is 77.6 cm³/mol. The van der Waals surface area contributed by atoms with Crippen molar-refractivity contribution in [3.63, 3.8) is 0 Å². The molecule has 0 bridgehead atoms. The fourth-order valence-corrected chi connectivity index (χ4v) is 2.62. The number of hydrogen-bond donors (Lipinski definition) is 1. The molecular formula is C15H20N4. The maximum Gasteiger partial charge on any atom is 0.0647 e. The molecule has 100 valence electrons. The van der Waals surface area contributed by atoms with Crippen molar-refractivity contribution in [2.75, 3.05) is 18.0 Å². The Morgan fingerprint density at radius 2 is 1.74 bits per heavy atom. The molecule has 1 fully saturated rings. The van der Waals surface area contributed by atoms with E-state index in [0.717, 1.165) is 16.9 Å². The Morgan fingerprint density at radius 1 is 1.11 bits per heavy atom. The Kier molecular flexibility index (Phi) is 3.25. The molecular weight excluding hydrogens is 236 g/mol. The van der Waals surface area contributed by atoms with Gasteiger partial charge < -0.3 is 10.6 Å². The Labute approximate surface area is 113 Å². The minimum absolute atomic E-state index is 0.539. The summed E-state index contributed by atoms with van der Waals surface area (Å²) in [5.74, 6) is 0. The molecule has 19 heavy (non-hydrogen) atoms. The number of rotatable bonds is 3. The molecule has 0 unspecified atom stereocenters. The SMILES string of the molecule is Cc1nn(-c2ccc(N3CCCC3)cc2)cc1CN. The number of benzene rings is 1. The molecule has 0 aliphatic carbocycles. The van der Waals surface area contributed by atoms with Crippen LogP contribution in [0.1, 0.15) is 24.1 Å². The zero-order chi connectivity index (χ0) is 13.2. The maximum atomic E-state index is 5.69. The highest BCUT2D eigenvalue weighted by Crippen LogP contribution is 2.21. The first-order chi connectivity index (χ1) is 9.28. The molecule has 0 radical (unpaired) electrons. The van der Waals surface area contributed by atoms with Crippen LogP contribution in [0.15, 0.2) is 30.5 Å². The van der Waals surface area contributed by atoms with Crippen LogP contribution in [0.3, 0.4) is 0 Å². The van der Waals surface area contributed by atoms with E-state index in [4.69, 9.17) is 5.73 Å². The van der Waals surface area contributed by atoms with E-state index in [9.17, 15) is 0 Å². The molecule has 4 heteroatoms. The van der Waals surface area contributed by atoms with Crippen molar-refractivity contribution in [2.45, 2.75) is 26.3 Å². The molecule has 1 aliphatic rings. The summed E-state index contributed by atoms with van der Waals surface area (Å²) in [5, 5.41) is 4.50. The molecule has 1 aromatic carbocycles. The van der Waals surface area contributed by atoms with E-state index < -0.39 is 0 Å². The summed E-state index contributed by atoms with van der Waals surface area (Å²) in [5.41, 5.74) is 10.2. The standard InChI is InChI=1S/C15H20N4/c1-12-13(10-16)11-19(17-12)15-6-4-14(5-7-15)18-8-2-3-9-18/h4-7,11H,2-3,8-10,16H2,1H3. The van der Waals surface area contributed by atoms with E-state index in [1.807, 2.05) is 17.8 Å². The van der Waals surface area contributed by atoms with Crippen molar-refractivity contribution in [3.05, 3.63) is 41.7 Å². The van der Waals surface area contributed by atoms with Crippen molar-refractivity contribution >= 4 is 5.69 Å². The predicted octanol–water partition coefficient (Wildman–Crippen LogP) is 2.24. The lowest BCUT2D eigenvalue weighted by atomic mass is 10.2. The highest BCUT2D eigenvalue weighted by Gasteiger charge is 2.12. The van der Waals surface area contributed by atoms with Gasteiger partial charge in [-0.05, 0) is 44.0 Å². The first kappa shape index (κ1) is 12.2. The molecule has 4 nitrogen and oxygen atoms in total. The normalized spacial score (nSPS) is 15.2. The highest BCUT2D eigenvalue weighted by atomic mass is 15.3. The molecule has 0 atom stereocenters. The second-order valence-electron chi connectivity index (χ2n) is 5.10. The number of nitrogens with zero attached hydrogens (tertiary/aromatic N) is 3. The van der Waals surface area contributed by atoms with Crippen LogP contribution >= 0.6 is 0 Å². The molecule has 1 aromatic heterocycles. The monoisotopic (exact) mass is 256 g/mol. The largest absolute Gasteiger partial charge is 0.372 e. The summed E-state index contributed by atoms with van der Waals surface area (Å²) in [6, 6.07) is 8.61. The van der Waals surface area contributed by atoms with E-state index >= 15 is 0 Å². The van der Waals surface area contributed by atoms with Crippen LogP contribution in [-0.4, -0.2) is 22.9 Å². The fourth-order valence-electron chi connectivity index (χ4n) is 2.62. The van der Waals surface area contributed by atoms with Gasteiger partial charge >= 0.3 is 0 Å². The van der Waals surface area contributed by atoms with Crippen molar-refractivity contribution in [3.8, 4) is 5.69 Å². The van der Waals surface area contributed by atoms with Crippen molar-refractivity contribution in [2.24, 2.45) is 5.73 Å². The zero-order valence-electron chi connectivity index (χ0n) is 11.3. The summed E-state index contributed by atoms with van der Waals surface area (Å²) in [7, 11) is 0.